The molecule has 0 unspecified atom stereocenters. The summed E-state index contributed by atoms with van der Waals surface area (Å²) in [6.07, 6.45) is 1.43. The van der Waals surface area contributed by atoms with Crippen molar-refractivity contribution in [2.45, 2.75) is 11.8 Å². The van der Waals surface area contributed by atoms with E-state index in [9.17, 15) is 18.0 Å². The highest BCUT2D eigenvalue weighted by Gasteiger charge is 2.16. The summed E-state index contributed by atoms with van der Waals surface area (Å²) in [5.41, 5.74) is 4.02. The fourth-order valence-electron chi connectivity index (χ4n) is 2.51. The Kier molecular flexibility index (Phi) is 6.78. The molecule has 0 bridgehead atoms. The monoisotopic (exact) mass is 437 g/mol. The summed E-state index contributed by atoms with van der Waals surface area (Å²) < 4.78 is 30.0. The highest BCUT2D eigenvalue weighted by Crippen LogP contribution is 2.20. The molecule has 158 valence electrons. The third kappa shape index (κ3) is 6.25. The van der Waals surface area contributed by atoms with E-state index in [0.29, 0.717) is 16.8 Å². The third-order valence-electron chi connectivity index (χ3n) is 3.97. The van der Waals surface area contributed by atoms with Crippen LogP contribution in [-0.2, 0) is 14.9 Å². The molecule has 0 saturated carbocycles. The maximum Gasteiger partial charge on any atom is 0.339 e. The molecule has 2 N–H and O–H groups in total. The molecule has 0 aliphatic rings. The van der Waals surface area contributed by atoms with Gasteiger partial charge in [0.25, 0.3) is 5.91 Å². The fraction of sp³-hybridized carbons (Fsp3) is 0.0455. The molecular weight excluding hydrogens is 418 g/mol. The number of hydrazone groups is 1. The summed E-state index contributed by atoms with van der Waals surface area (Å²) in [5.74, 6) is -0.473. The quantitative estimate of drug-likeness (QED) is 0.335. The van der Waals surface area contributed by atoms with E-state index in [1.807, 2.05) is 6.07 Å². The van der Waals surface area contributed by atoms with E-state index in [1.165, 1.54) is 49.5 Å². The molecule has 0 saturated heterocycles. The predicted molar refractivity (Wildman–Crippen MR) is 117 cm³/mol. The van der Waals surface area contributed by atoms with Gasteiger partial charge in [0.1, 0.15) is 10.6 Å². The van der Waals surface area contributed by atoms with Crippen molar-refractivity contribution in [2.75, 3.05) is 5.32 Å². The summed E-state index contributed by atoms with van der Waals surface area (Å²) in [5, 5.41) is 6.44. The third-order valence-corrected chi connectivity index (χ3v) is 5.23. The van der Waals surface area contributed by atoms with Crippen LogP contribution in [0.2, 0.25) is 0 Å². The lowest BCUT2D eigenvalue weighted by molar-refractivity contribution is -0.114. The van der Waals surface area contributed by atoms with Gasteiger partial charge in [-0.1, -0.05) is 18.2 Å². The Morgan fingerprint density at radius 1 is 0.903 bits per heavy atom. The van der Waals surface area contributed by atoms with Crippen molar-refractivity contribution in [3.05, 3.63) is 90.0 Å². The molecule has 9 heteroatoms. The highest BCUT2D eigenvalue weighted by molar-refractivity contribution is 7.87. The van der Waals surface area contributed by atoms with Crippen LogP contribution >= 0.6 is 0 Å². The van der Waals surface area contributed by atoms with Gasteiger partial charge in [0.15, 0.2) is 0 Å². The van der Waals surface area contributed by atoms with Crippen LogP contribution in [0.3, 0.4) is 0 Å². The Labute approximate surface area is 179 Å². The van der Waals surface area contributed by atoms with Crippen molar-refractivity contribution in [3.63, 3.8) is 0 Å². The first-order valence-corrected chi connectivity index (χ1v) is 10.5. The van der Waals surface area contributed by atoms with Crippen LogP contribution in [0.5, 0.6) is 5.75 Å². The van der Waals surface area contributed by atoms with E-state index in [1.54, 1.807) is 36.4 Å². The smallest absolute Gasteiger partial charge is 0.339 e. The van der Waals surface area contributed by atoms with Crippen molar-refractivity contribution >= 4 is 33.8 Å². The van der Waals surface area contributed by atoms with Crippen LogP contribution in [-0.4, -0.2) is 26.4 Å². The maximum absolute atomic E-state index is 12.4. The Hall–Kier alpha value is -3.98. The number of carbonyl (C=O) groups excluding carboxylic acids is 2. The predicted octanol–water partition coefficient (Wildman–Crippen LogP) is 3.18. The zero-order valence-electron chi connectivity index (χ0n) is 16.5. The van der Waals surface area contributed by atoms with Gasteiger partial charge in [-0.25, -0.2) is 5.43 Å². The molecular formula is C22H19N3O5S. The van der Waals surface area contributed by atoms with Gasteiger partial charge >= 0.3 is 10.1 Å². The van der Waals surface area contributed by atoms with Gasteiger partial charge in [-0.3, -0.25) is 9.59 Å². The van der Waals surface area contributed by atoms with Crippen LogP contribution in [0.15, 0.2) is 88.9 Å². The number of carbonyl (C=O) groups is 2. The maximum atomic E-state index is 12.4. The lowest BCUT2D eigenvalue weighted by atomic mass is 10.2. The van der Waals surface area contributed by atoms with Crippen LogP contribution < -0.4 is 14.9 Å². The molecule has 2 amide bonds. The normalized spacial score (nSPS) is 11.1. The first-order valence-electron chi connectivity index (χ1n) is 9.14. The standard InChI is InChI=1S/C22H19N3O5S/c1-16(26)24-19-9-13-21(14-10-19)31(28,29)30-20-11-7-17(8-12-20)15-23-25-22(27)18-5-3-2-4-6-18/h2-15H,1H3,(H,24,26)(H,25,27). The first-order chi connectivity index (χ1) is 14.8. The largest absolute Gasteiger partial charge is 0.379 e. The van der Waals surface area contributed by atoms with Gasteiger partial charge in [0.05, 0.1) is 6.21 Å². The highest BCUT2D eigenvalue weighted by atomic mass is 32.2. The number of hydrogen-bond donors (Lipinski definition) is 2. The van der Waals surface area contributed by atoms with Gasteiger partial charge in [0.2, 0.25) is 5.91 Å². The number of nitrogens with one attached hydrogen (secondary N) is 2. The molecule has 0 aliphatic carbocycles. The van der Waals surface area contributed by atoms with Crippen molar-refractivity contribution in [2.24, 2.45) is 5.10 Å². The average Bonchev–Trinajstić information content (AvgIpc) is 2.75. The Balaban J connectivity index is 1.60. The van der Waals surface area contributed by atoms with Crippen molar-refractivity contribution < 1.29 is 22.2 Å². The van der Waals surface area contributed by atoms with Gasteiger partial charge < -0.3 is 9.50 Å². The Morgan fingerprint density at radius 3 is 2.16 bits per heavy atom. The van der Waals surface area contributed by atoms with Crippen LogP contribution in [0, 0.1) is 0 Å². The van der Waals surface area contributed by atoms with E-state index in [2.05, 4.69) is 15.8 Å². The molecule has 8 nitrogen and oxygen atoms in total. The minimum atomic E-state index is -4.03. The number of benzene rings is 3. The molecule has 0 spiro atoms. The van der Waals surface area contributed by atoms with Crippen molar-refractivity contribution in [3.8, 4) is 5.75 Å². The van der Waals surface area contributed by atoms with E-state index >= 15 is 0 Å². The lowest BCUT2D eigenvalue weighted by Gasteiger charge is -2.08. The summed E-state index contributed by atoms with van der Waals surface area (Å²) >= 11 is 0. The van der Waals surface area contributed by atoms with Gasteiger partial charge in [-0.05, 0) is 66.2 Å². The molecule has 0 heterocycles. The molecule has 0 fully saturated rings. The Bertz CT molecular complexity index is 1190. The van der Waals surface area contributed by atoms with Crippen molar-refractivity contribution in [1.29, 1.82) is 0 Å². The molecule has 0 aliphatic heterocycles. The van der Waals surface area contributed by atoms with E-state index < -0.39 is 10.1 Å². The van der Waals surface area contributed by atoms with Crippen molar-refractivity contribution in [1.82, 2.24) is 5.43 Å². The number of anilines is 1. The second kappa shape index (κ2) is 9.68. The minimum Gasteiger partial charge on any atom is -0.379 e. The SMILES string of the molecule is CC(=O)Nc1ccc(S(=O)(=O)Oc2ccc(C=NNC(=O)c3ccccc3)cc2)cc1. The second-order valence-electron chi connectivity index (χ2n) is 6.38. The summed E-state index contributed by atoms with van der Waals surface area (Å²) in [4.78, 5) is 22.9. The van der Waals surface area contributed by atoms with Gasteiger partial charge in [-0.15, -0.1) is 0 Å². The van der Waals surface area contributed by atoms with E-state index in [0.717, 1.165) is 0 Å². The Morgan fingerprint density at radius 2 is 1.55 bits per heavy atom. The minimum absolute atomic E-state index is 0.0455. The number of hydrogen-bond acceptors (Lipinski definition) is 6. The molecule has 31 heavy (non-hydrogen) atoms. The molecule has 0 radical (unpaired) electrons. The van der Waals surface area contributed by atoms with Gasteiger partial charge in [0, 0.05) is 18.2 Å². The first kappa shape index (κ1) is 21.7. The molecule has 0 aromatic heterocycles. The summed E-state index contributed by atoms with van der Waals surface area (Å²) in [7, 11) is -4.03. The number of rotatable bonds is 7. The molecule has 3 rings (SSSR count). The number of nitrogens with zero attached hydrogens (tertiary/aromatic N) is 1. The average molecular weight is 437 g/mol. The fourth-order valence-corrected chi connectivity index (χ4v) is 3.44. The summed E-state index contributed by atoms with van der Waals surface area (Å²) in [6, 6.07) is 20.4. The lowest BCUT2D eigenvalue weighted by Crippen LogP contribution is -2.17. The van der Waals surface area contributed by atoms with E-state index in [4.69, 9.17) is 4.18 Å². The topological polar surface area (TPSA) is 114 Å². The van der Waals surface area contributed by atoms with E-state index in [-0.39, 0.29) is 22.5 Å². The van der Waals surface area contributed by atoms with Gasteiger partial charge in [-0.2, -0.15) is 13.5 Å². The van der Waals surface area contributed by atoms with Crippen LogP contribution in [0.25, 0.3) is 0 Å². The molecule has 0 atom stereocenters. The van der Waals surface area contributed by atoms with Crippen LogP contribution in [0.4, 0.5) is 5.69 Å². The van der Waals surface area contributed by atoms with Crippen LogP contribution in [0.1, 0.15) is 22.8 Å². The second-order valence-corrected chi connectivity index (χ2v) is 7.92. The molecule has 3 aromatic carbocycles. The zero-order chi connectivity index (χ0) is 22.3. The summed E-state index contributed by atoms with van der Waals surface area (Å²) in [6.45, 7) is 1.36. The molecule has 3 aromatic rings. The zero-order valence-corrected chi connectivity index (χ0v) is 17.3. The number of amides is 2.